The van der Waals surface area contributed by atoms with E-state index >= 15 is 0 Å². The molecular weight excluding hydrogens is 331 g/mol. The molecule has 1 aliphatic carbocycles. The lowest BCUT2D eigenvalue weighted by atomic mass is 9.97. The van der Waals surface area contributed by atoms with E-state index in [-0.39, 0.29) is 10.6 Å². The fraction of sp³-hybridized carbons (Fsp3) is 0.385. The molecule has 0 bridgehead atoms. The number of carbonyl (C=O) groups is 1. The van der Waals surface area contributed by atoms with Crippen LogP contribution in [0.1, 0.15) is 36.0 Å². The van der Waals surface area contributed by atoms with Gasteiger partial charge in [-0.1, -0.05) is 41.0 Å². The van der Waals surface area contributed by atoms with Crippen LogP contribution < -0.4 is 11.1 Å². The highest BCUT2D eigenvalue weighted by atomic mass is 79.9. The molecule has 1 aromatic rings. The van der Waals surface area contributed by atoms with Gasteiger partial charge in [0.2, 0.25) is 0 Å². The number of amides is 1. The van der Waals surface area contributed by atoms with Crippen molar-refractivity contribution in [2.75, 3.05) is 0 Å². The van der Waals surface area contributed by atoms with Crippen LogP contribution in [-0.4, -0.2) is 16.4 Å². The molecule has 102 valence electrons. The Morgan fingerprint density at radius 1 is 1.42 bits per heavy atom. The molecule has 0 spiro atoms. The lowest BCUT2D eigenvalue weighted by Crippen LogP contribution is -2.54. The van der Waals surface area contributed by atoms with Crippen molar-refractivity contribution in [3.8, 4) is 0 Å². The predicted octanol–water partition coefficient (Wildman–Crippen LogP) is 2.92. The summed E-state index contributed by atoms with van der Waals surface area (Å²) in [4.78, 5) is 12.4. The van der Waals surface area contributed by atoms with Gasteiger partial charge in [0.05, 0.1) is 16.1 Å². The molecule has 1 saturated carbocycles. The molecule has 0 aliphatic heterocycles. The van der Waals surface area contributed by atoms with Gasteiger partial charge in [-0.15, -0.1) is 0 Å². The first kappa shape index (κ1) is 14.4. The third kappa shape index (κ3) is 2.95. The summed E-state index contributed by atoms with van der Waals surface area (Å²) in [7, 11) is 0. The van der Waals surface area contributed by atoms with Gasteiger partial charge in [-0.3, -0.25) is 4.79 Å². The van der Waals surface area contributed by atoms with E-state index in [0.29, 0.717) is 17.3 Å². The lowest BCUT2D eigenvalue weighted by Gasteiger charge is -2.29. The van der Waals surface area contributed by atoms with Gasteiger partial charge in [-0.25, -0.2) is 4.39 Å². The SMILES string of the molecule is NC(=S)C1(NC(=O)c2ccc(Br)cc2F)CCCC1. The molecule has 0 radical (unpaired) electrons. The number of nitrogens with two attached hydrogens (primary N) is 1. The zero-order chi connectivity index (χ0) is 14.0. The van der Waals surface area contributed by atoms with Crippen molar-refractivity contribution in [3.63, 3.8) is 0 Å². The summed E-state index contributed by atoms with van der Waals surface area (Å²) in [5.41, 5.74) is 5.08. The third-order valence-corrected chi connectivity index (χ3v) is 4.34. The number of thiocarbonyl (C=S) groups is 1. The van der Waals surface area contributed by atoms with E-state index in [0.717, 1.165) is 12.8 Å². The number of halogens is 2. The van der Waals surface area contributed by atoms with Gasteiger partial charge >= 0.3 is 0 Å². The van der Waals surface area contributed by atoms with Gasteiger partial charge in [0.1, 0.15) is 5.82 Å². The van der Waals surface area contributed by atoms with Crippen LogP contribution in [0.2, 0.25) is 0 Å². The number of hydrogen-bond donors (Lipinski definition) is 2. The van der Waals surface area contributed by atoms with Gasteiger partial charge in [0, 0.05) is 4.47 Å². The van der Waals surface area contributed by atoms with Crippen LogP contribution in [0.25, 0.3) is 0 Å². The zero-order valence-electron chi connectivity index (χ0n) is 10.2. The van der Waals surface area contributed by atoms with Crippen LogP contribution in [0, 0.1) is 5.82 Å². The Hall–Kier alpha value is -1.01. The highest BCUT2D eigenvalue weighted by molar-refractivity contribution is 9.10. The van der Waals surface area contributed by atoms with E-state index in [1.807, 2.05) is 0 Å². The molecule has 19 heavy (non-hydrogen) atoms. The molecule has 0 heterocycles. The van der Waals surface area contributed by atoms with Crippen LogP contribution in [0.4, 0.5) is 4.39 Å². The fourth-order valence-corrected chi connectivity index (χ4v) is 2.96. The normalized spacial score (nSPS) is 17.2. The van der Waals surface area contributed by atoms with Gasteiger partial charge in [0.15, 0.2) is 0 Å². The molecule has 1 aliphatic rings. The molecular formula is C13H14BrFN2OS. The van der Waals surface area contributed by atoms with Crippen LogP contribution in [0.15, 0.2) is 22.7 Å². The van der Waals surface area contributed by atoms with Crippen molar-refractivity contribution in [2.45, 2.75) is 31.2 Å². The molecule has 0 saturated heterocycles. The molecule has 0 aromatic heterocycles. The highest BCUT2D eigenvalue weighted by Crippen LogP contribution is 2.30. The number of benzene rings is 1. The van der Waals surface area contributed by atoms with Crippen LogP contribution in [0.5, 0.6) is 0 Å². The summed E-state index contributed by atoms with van der Waals surface area (Å²) in [5, 5.41) is 2.81. The largest absolute Gasteiger partial charge is 0.391 e. The average molecular weight is 345 g/mol. The van der Waals surface area contributed by atoms with Crippen molar-refractivity contribution >= 4 is 39.0 Å². The monoisotopic (exact) mass is 344 g/mol. The minimum absolute atomic E-state index is 0.00530. The molecule has 1 amide bonds. The Morgan fingerprint density at radius 3 is 2.58 bits per heavy atom. The third-order valence-electron chi connectivity index (χ3n) is 3.46. The molecule has 1 fully saturated rings. The quantitative estimate of drug-likeness (QED) is 0.829. The first-order valence-electron chi connectivity index (χ1n) is 6.02. The number of carbonyl (C=O) groups excluding carboxylic acids is 1. The molecule has 3 nitrogen and oxygen atoms in total. The minimum atomic E-state index is -0.661. The maximum Gasteiger partial charge on any atom is 0.255 e. The van der Waals surface area contributed by atoms with Crippen molar-refractivity contribution < 1.29 is 9.18 Å². The number of rotatable bonds is 3. The fourth-order valence-electron chi connectivity index (χ4n) is 2.37. The molecule has 6 heteroatoms. The van der Waals surface area contributed by atoms with Crippen molar-refractivity contribution in [1.82, 2.24) is 5.32 Å². The maximum absolute atomic E-state index is 13.7. The molecule has 3 N–H and O–H groups in total. The van der Waals surface area contributed by atoms with E-state index in [4.69, 9.17) is 18.0 Å². The van der Waals surface area contributed by atoms with Gasteiger partial charge in [-0.05, 0) is 31.0 Å². The van der Waals surface area contributed by atoms with Crippen molar-refractivity contribution in [1.29, 1.82) is 0 Å². The second-order valence-electron chi connectivity index (χ2n) is 4.73. The van der Waals surface area contributed by atoms with E-state index < -0.39 is 17.3 Å². The summed E-state index contributed by atoms with van der Waals surface area (Å²) in [5.74, 6) is -1.04. The van der Waals surface area contributed by atoms with Crippen LogP contribution in [0.3, 0.4) is 0 Å². The Bertz CT molecular complexity index is 529. The summed E-state index contributed by atoms with van der Waals surface area (Å²) >= 11 is 8.21. The van der Waals surface area contributed by atoms with E-state index in [1.54, 1.807) is 6.07 Å². The summed E-state index contributed by atoms with van der Waals surface area (Å²) in [6.45, 7) is 0. The highest BCUT2D eigenvalue weighted by Gasteiger charge is 2.38. The molecule has 1 aromatic carbocycles. The Labute approximate surface area is 124 Å². The number of hydrogen-bond acceptors (Lipinski definition) is 2. The average Bonchev–Trinajstić information content (AvgIpc) is 2.78. The molecule has 0 unspecified atom stereocenters. The maximum atomic E-state index is 13.7. The topological polar surface area (TPSA) is 55.1 Å². The second kappa shape index (κ2) is 5.54. The second-order valence-corrected chi connectivity index (χ2v) is 6.09. The summed E-state index contributed by atoms with van der Waals surface area (Å²) in [6.07, 6.45) is 3.35. The minimum Gasteiger partial charge on any atom is -0.391 e. The summed E-state index contributed by atoms with van der Waals surface area (Å²) < 4.78 is 14.3. The Balaban J connectivity index is 2.22. The van der Waals surface area contributed by atoms with Crippen LogP contribution >= 0.6 is 28.1 Å². The van der Waals surface area contributed by atoms with Gasteiger partial charge in [-0.2, -0.15) is 0 Å². The van der Waals surface area contributed by atoms with Crippen molar-refractivity contribution in [3.05, 3.63) is 34.1 Å². The van der Waals surface area contributed by atoms with Crippen LogP contribution in [-0.2, 0) is 0 Å². The standard InChI is InChI=1S/C13H14BrFN2OS/c14-8-3-4-9(10(15)7-8)11(18)17-13(12(16)19)5-1-2-6-13/h3-4,7H,1-2,5-6H2,(H2,16,19)(H,17,18). The molecule has 0 atom stereocenters. The Morgan fingerprint density at radius 2 is 2.05 bits per heavy atom. The lowest BCUT2D eigenvalue weighted by molar-refractivity contribution is 0.0920. The zero-order valence-corrected chi connectivity index (χ0v) is 12.6. The smallest absolute Gasteiger partial charge is 0.255 e. The van der Waals surface area contributed by atoms with E-state index in [2.05, 4.69) is 21.2 Å². The first-order valence-corrected chi connectivity index (χ1v) is 7.22. The van der Waals surface area contributed by atoms with Crippen molar-refractivity contribution in [2.24, 2.45) is 5.73 Å². The summed E-state index contributed by atoms with van der Waals surface area (Å²) in [6, 6.07) is 4.33. The van der Waals surface area contributed by atoms with Gasteiger partial charge < -0.3 is 11.1 Å². The first-order chi connectivity index (χ1) is 8.94. The van der Waals surface area contributed by atoms with Gasteiger partial charge in [0.25, 0.3) is 5.91 Å². The number of nitrogens with one attached hydrogen (secondary N) is 1. The Kier molecular flexibility index (Phi) is 4.20. The van der Waals surface area contributed by atoms with E-state index in [1.165, 1.54) is 12.1 Å². The van der Waals surface area contributed by atoms with E-state index in [9.17, 15) is 9.18 Å². The predicted molar refractivity (Wildman–Crippen MR) is 79.6 cm³/mol. The molecule has 2 rings (SSSR count).